The van der Waals surface area contributed by atoms with Crippen molar-refractivity contribution in [1.82, 2.24) is 4.90 Å². The number of anilines is 1. The number of nitrogens with zero attached hydrogens (tertiary/aromatic N) is 3. The Kier molecular flexibility index (Phi) is 6.01. The van der Waals surface area contributed by atoms with Gasteiger partial charge in [0.05, 0.1) is 16.4 Å². The summed E-state index contributed by atoms with van der Waals surface area (Å²) in [6.07, 6.45) is 1.90. The Balaban J connectivity index is 1.72. The average Bonchev–Trinajstić information content (AvgIpc) is 3.23. The van der Waals surface area contributed by atoms with E-state index in [-0.39, 0.29) is 11.7 Å². The molecule has 0 aliphatic carbocycles. The number of rotatable bonds is 5. The van der Waals surface area contributed by atoms with Gasteiger partial charge in [0.1, 0.15) is 4.91 Å². The van der Waals surface area contributed by atoms with Crippen LogP contribution in [0.1, 0.15) is 37.0 Å². The van der Waals surface area contributed by atoms with Crippen molar-refractivity contribution in [2.45, 2.75) is 31.6 Å². The van der Waals surface area contributed by atoms with E-state index in [0.717, 1.165) is 28.5 Å². The van der Waals surface area contributed by atoms with Crippen molar-refractivity contribution in [2.75, 3.05) is 18.5 Å². The maximum atomic E-state index is 13.3. The highest BCUT2D eigenvalue weighted by molar-refractivity contribution is 8.19. The first-order chi connectivity index (χ1) is 14.5. The fourth-order valence-electron chi connectivity index (χ4n) is 3.34. The summed E-state index contributed by atoms with van der Waals surface area (Å²) in [6.45, 7) is 4.28. The minimum Gasteiger partial charge on any atom is -0.337 e. The van der Waals surface area contributed by atoms with Crippen molar-refractivity contribution in [3.8, 4) is 0 Å². The second-order valence-corrected chi connectivity index (χ2v) is 9.18. The number of unbranched alkanes of at least 4 members (excludes halogenated alkanes) is 1. The maximum absolute atomic E-state index is 13.3. The molecular formula is C23H23N3O2S2. The highest BCUT2D eigenvalue weighted by Crippen LogP contribution is 2.50. The number of ketones is 1. The van der Waals surface area contributed by atoms with Gasteiger partial charge in [0.2, 0.25) is 0 Å². The van der Waals surface area contributed by atoms with Gasteiger partial charge in [0.25, 0.3) is 5.91 Å². The van der Waals surface area contributed by atoms with Crippen LogP contribution in [0.15, 0.2) is 68.4 Å². The Labute approximate surface area is 185 Å². The highest BCUT2D eigenvalue weighted by Gasteiger charge is 2.38. The first-order valence-electron chi connectivity index (χ1n) is 9.94. The molecule has 0 spiro atoms. The highest BCUT2D eigenvalue weighted by atomic mass is 32.2. The molecule has 0 bridgehead atoms. The molecule has 5 nitrogen and oxygen atoms in total. The SMILES string of the molecule is CCCCN1C(=O)/C(=C2/Sc3ccccc3N2C)SC1=Nc1cccc(C(C)=O)c1. The zero-order chi connectivity index (χ0) is 21.3. The van der Waals surface area contributed by atoms with Crippen molar-refractivity contribution in [3.05, 3.63) is 64.0 Å². The zero-order valence-corrected chi connectivity index (χ0v) is 18.8. The molecule has 2 aromatic rings. The van der Waals surface area contributed by atoms with Gasteiger partial charge in [-0.05, 0) is 49.4 Å². The molecule has 7 heteroatoms. The van der Waals surface area contributed by atoms with Crippen LogP contribution >= 0.6 is 23.5 Å². The van der Waals surface area contributed by atoms with Crippen LogP contribution < -0.4 is 4.90 Å². The summed E-state index contributed by atoms with van der Waals surface area (Å²) in [6, 6.07) is 15.4. The number of para-hydroxylation sites is 1. The van der Waals surface area contributed by atoms with Crippen LogP contribution in [-0.4, -0.2) is 35.4 Å². The summed E-state index contributed by atoms with van der Waals surface area (Å²) < 4.78 is 0. The van der Waals surface area contributed by atoms with E-state index < -0.39 is 0 Å². The van der Waals surface area contributed by atoms with Gasteiger partial charge in [0.15, 0.2) is 11.0 Å². The van der Waals surface area contributed by atoms with Crippen molar-refractivity contribution in [2.24, 2.45) is 4.99 Å². The molecule has 0 unspecified atom stereocenters. The minimum atomic E-state index is -0.00270. The van der Waals surface area contributed by atoms with Crippen LogP contribution in [0.4, 0.5) is 11.4 Å². The lowest BCUT2D eigenvalue weighted by Gasteiger charge is -2.16. The number of Topliss-reactive ketones (excluding diaryl/α,β-unsaturated/α-hetero) is 1. The monoisotopic (exact) mass is 437 g/mol. The van der Waals surface area contributed by atoms with Crippen molar-refractivity contribution < 1.29 is 9.59 Å². The Morgan fingerprint density at radius 2 is 1.90 bits per heavy atom. The first kappa shape index (κ1) is 20.8. The van der Waals surface area contributed by atoms with Crippen molar-refractivity contribution in [3.63, 3.8) is 0 Å². The van der Waals surface area contributed by atoms with Gasteiger partial charge in [-0.2, -0.15) is 0 Å². The van der Waals surface area contributed by atoms with E-state index in [1.165, 1.54) is 11.8 Å². The molecule has 154 valence electrons. The predicted molar refractivity (Wildman–Crippen MR) is 125 cm³/mol. The number of aliphatic imine (C=N–C) groups is 1. The van der Waals surface area contributed by atoms with Gasteiger partial charge in [-0.3, -0.25) is 14.5 Å². The van der Waals surface area contributed by atoms with Gasteiger partial charge >= 0.3 is 0 Å². The van der Waals surface area contributed by atoms with E-state index in [9.17, 15) is 9.59 Å². The summed E-state index contributed by atoms with van der Waals surface area (Å²) in [5.41, 5.74) is 2.41. The van der Waals surface area contributed by atoms with Crippen molar-refractivity contribution in [1.29, 1.82) is 0 Å². The number of amides is 1. The van der Waals surface area contributed by atoms with E-state index in [1.54, 1.807) is 35.7 Å². The zero-order valence-electron chi connectivity index (χ0n) is 17.2. The normalized spacial score (nSPS) is 19.7. The van der Waals surface area contributed by atoms with Gasteiger partial charge in [-0.15, -0.1) is 0 Å². The Bertz CT molecular complexity index is 1080. The van der Waals surface area contributed by atoms with E-state index in [0.29, 0.717) is 27.9 Å². The molecule has 0 atom stereocenters. The molecule has 1 amide bonds. The van der Waals surface area contributed by atoms with Gasteiger partial charge in [-0.1, -0.05) is 49.4 Å². The largest absolute Gasteiger partial charge is 0.337 e. The van der Waals surface area contributed by atoms with Crippen LogP contribution in [0.3, 0.4) is 0 Å². The molecule has 2 heterocycles. The van der Waals surface area contributed by atoms with Crippen LogP contribution in [-0.2, 0) is 4.79 Å². The summed E-state index contributed by atoms with van der Waals surface area (Å²) in [5, 5.41) is 1.61. The van der Waals surface area contributed by atoms with Gasteiger partial charge in [0, 0.05) is 24.1 Å². The Hall–Kier alpha value is -2.51. The van der Waals surface area contributed by atoms with E-state index in [4.69, 9.17) is 4.99 Å². The summed E-state index contributed by atoms with van der Waals surface area (Å²) in [5.74, 6) is -0.00308. The van der Waals surface area contributed by atoms with Crippen LogP contribution in [0.2, 0.25) is 0 Å². The minimum absolute atomic E-state index is 0.000377. The van der Waals surface area contributed by atoms with Gasteiger partial charge < -0.3 is 4.90 Å². The number of carbonyl (C=O) groups is 2. The molecule has 0 aromatic heterocycles. The molecule has 4 rings (SSSR count). The second kappa shape index (κ2) is 8.70. The Morgan fingerprint density at radius 1 is 1.10 bits per heavy atom. The summed E-state index contributed by atoms with van der Waals surface area (Å²) in [4.78, 5) is 35.5. The molecule has 1 saturated heterocycles. The Morgan fingerprint density at radius 3 is 2.63 bits per heavy atom. The summed E-state index contributed by atoms with van der Waals surface area (Å²) in [7, 11) is 2.00. The third-order valence-corrected chi connectivity index (χ3v) is 7.44. The lowest BCUT2D eigenvalue weighted by Crippen LogP contribution is -2.30. The molecular weight excluding hydrogens is 414 g/mol. The second-order valence-electron chi connectivity index (χ2n) is 7.18. The molecule has 2 aliphatic heterocycles. The van der Waals surface area contributed by atoms with Crippen molar-refractivity contribution >= 4 is 51.8 Å². The smallest absolute Gasteiger partial charge is 0.269 e. The molecule has 2 aromatic carbocycles. The predicted octanol–water partition coefficient (Wildman–Crippen LogP) is 5.66. The topological polar surface area (TPSA) is 53.0 Å². The number of fused-ring (bicyclic) bond motifs is 1. The average molecular weight is 438 g/mol. The van der Waals surface area contributed by atoms with E-state index in [1.807, 2.05) is 31.3 Å². The van der Waals surface area contributed by atoms with E-state index >= 15 is 0 Å². The molecule has 0 radical (unpaired) electrons. The third kappa shape index (κ3) is 3.91. The van der Waals surface area contributed by atoms with Crippen LogP contribution in [0.5, 0.6) is 0 Å². The summed E-state index contributed by atoms with van der Waals surface area (Å²) >= 11 is 3.04. The number of amidine groups is 1. The maximum Gasteiger partial charge on any atom is 0.269 e. The van der Waals surface area contributed by atoms with Gasteiger partial charge in [-0.25, -0.2) is 4.99 Å². The first-order valence-corrected chi connectivity index (χ1v) is 11.6. The molecule has 1 fully saturated rings. The lowest BCUT2D eigenvalue weighted by molar-refractivity contribution is -0.122. The number of hydrogen-bond acceptors (Lipinski definition) is 6. The number of benzene rings is 2. The van der Waals surface area contributed by atoms with Crippen LogP contribution in [0, 0.1) is 0 Å². The quantitative estimate of drug-likeness (QED) is 0.446. The third-order valence-electron chi connectivity index (χ3n) is 5.01. The van der Waals surface area contributed by atoms with Crippen LogP contribution in [0.25, 0.3) is 0 Å². The molecule has 0 N–H and O–H groups in total. The number of thioether (sulfide) groups is 2. The number of hydrogen-bond donors (Lipinski definition) is 0. The van der Waals surface area contributed by atoms with E-state index in [2.05, 4.69) is 24.0 Å². The lowest BCUT2D eigenvalue weighted by atomic mass is 10.1. The fraction of sp³-hybridized carbons (Fsp3) is 0.261. The molecule has 2 aliphatic rings. The fourth-order valence-corrected chi connectivity index (χ4v) is 5.71. The molecule has 30 heavy (non-hydrogen) atoms. The molecule has 0 saturated carbocycles. The number of carbonyl (C=O) groups excluding carboxylic acids is 2. The standard InChI is InChI=1S/C23H23N3O2S2/c1-4-5-13-26-21(28)20(22-25(3)18-11-6-7-12-19(18)29-22)30-23(26)24-17-10-8-9-16(14-17)15(2)27/h6-12,14H,4-5,13H2,1-3H3/b22-20-,24-23?.